The lowest BCUT2D eigenvalue weighted by Crippen LogP contribution is -2.39. The second kappa shape index (κ2) is 14.3. The SMILES string of the molecule is CCNC(=NCC(O)COCc1ccccc1)NCCn1cnnc1CC.I. The van der Waals surface area contributed by atoms with E-state index in [0.29, 0.717) is 19.1 Å². The van der Waals surface area contributed by atoms with Gasteiger partial charge in [0.1, 0.15) is 12.2 Å². The van der Waals surface area contributed by atoms with Crippen molar-refractivity contribution >= 4 is 29.9 Å². The van der Waals surface area contributed by atoms with Crippen LogP contribution >= 0.6 is 24.0 Å². The molecule has 9 heteroatoms. The first kappa shape index (κ1) is 24.3. The number of aliphatic hydroxyl groups is 1. The molecule has 0 amide bonds. The molecule has 1 aromatic carbocycles. The zero-order valence-electron chi connectivity index (χ0n) is 16.5. The Morgan fingerprint density at radius 1 is 1.25 bits per heavy atom. The summed E-state index contributed by atoms with van der Waals surface area (Å²) in [6, 6.07) is 9.90. The predicted molar refractivity (Wildman–Crippen MR) is 121 cm³/mol. The summed E-state index contributed by atoms with van der Waals surface area (Å²) in [5.74, 6) is 1.63. The number of nitrogens with one attached hydrogen (secondary N) is 2. The van der Waals surface area contributed by atoms with Crippen molar-refractivity contribution in [3.05, 3.63) is 48.0 Å². The molecule has 2 aromatic rings. The molecule has 156 valence electrons. The minimum atomic E-state index is -0.645. The molecule has 0 spiro atoms. The topological polar surface area (TPSA) is 96.6 Å². The molecule has 0 bridgehead atoms. The molecule has 0 saturated carbocycles. The van der Waals surface area contributed by atoms with Gasteiger partial charge in [-0.25, -0.2) is 0 Å². The van der Waals surface area contributed by atoms with E-state index in [2.05, 4.69) is 32.7 Å². The number of hydrogen-bond acceptors (Lipinski definition) is 5. The van der Waals surface area contributed by atoms with Gasteiger partial charge in [-0.1, -0.05) is 37.3 Å². The fourth-order valence-electron chi connectivity index (χ4n) is 2.51. The Morgan fingerprint density at radius 2 is 2.04 bits per heavy atom. The number of rotatable bonds is 11. The molecule has 3 N–H and O–H groups in total. The van der Waals surface area contributed by atoms with E-state index in [1.807, 2.05) is 41.8 Å². The van der Waals surface area contributed by atoms with Gasteiger partial charge in [0, 0.05) is 26.1 Å². The van der Waals surface area contributed by atoms with Crippen molar-refractivity contribution in [1.82, 2.24) is 25.4 Å². The van der Waals surface area contributed by atoms with E-state index in [-0.39, 0.29) is 37.1 Å². The van der Waals surface area contributed by atoms with Gasteiger partial charge in [-0.2, -0.15) is 0 Å². The summed E-state index contributed by atoms with van der Waals surface area (Å²) in [5, 5.41) is 24.5. The fourth-order valence-corrected chi connectivity index (χ4v) is 2.51. The molecule has 0 aliphatic carbocycles. The molecule has 0 radical (unpaired) electrons. The largest absolute Gasteiger partial charge is 0.389 e. The first-order valence-electron chi connectivity index (χ1n) is 9.41. The molecule has 0 fully saturated rings. The van der Waals surface area contributed by atoms with Gasteiger partial charge in [0.05, 0.1) is 25.9 Å². The van der Waals surface area contributed by atoms with E-state index in [4.69, 9.17) is 4.74 Å². The third-order valence-corrected chi connectivity index (χ3v) is 3.88. The number of benzene rings is 1. The lowest BCUT2D eigenvalue weighted by Gasteiger charge is -2.14. The lowest BCUT2D eigenvalue weighted by atomic mass is 10.2. The van der Waals surface area contributed by atoms with Crippen molar-refractivity contribution in [1.29, 1.82) is 0 Å². The number of aliphatic imine (C=N–C) groups is 1. The minimum absolute atomic E-state index is 0. The Bertz CT molecular complexity index is 680. The number of halogens is 1. The van der Waals surface area contributed by atoms with E-state index in [0.717, 1.165) is 30.9 Å². The van der Waals surface area contributed by atoms with Gasteiger partial charge in [-0.05, 0) is 12.5 Å². The van der Waals surface area contributed by atoms with Gasteiger partial charge in [-0.15, -0.1) is 34.2 Å². The van der Waals surface area contributed by atoms with Crippen molar-refractivity contribution in [3.8, 4) is 0 Å². The van der Waals surface area contributed by atoms with E-state index >= 15 is 0 Å². The van der Waals surface area contributed by atoms with Crippen LogP contribution < -0.4 is 10.6 Å². The van der Waals surface area contributed by atoms with Gasteiger partial charge < -0.3 is 25.0 Å². The molecule has 2 rings (SSSR count). The Kier molecular flexibility index (Phi) is 12.4. The van der Waals surface area contributed by atoms with Gasteiger partial charge >= 0.3 is 0 Å². The van der Waals surface area contributed by atoms with Crippen LogP contribution in [0.2, 0.25) is 0 Å². The van der Waals surface area contributed by atoms with Crippen molar-refractivity contribution in [2.75, 3.05) is 26.2 Å². The number of guanidine groups is 1. The highest BCUT2D eigenvalue weighted by atomic mass is 127. The summed E-state index contributed by atoms with van der Waals surface area (Å²) in [6.45, 7) is 7.26. The summed E-state index contributed by atoms with van der Waals surface area (Å²) < 4.78 is 7.57. The average molecular weight is 502 g/mol. The zero-order valence-corrected chi connectivity index (χ0v) is 18.9. The molecule has 1 aromatic heterocycles. The van der Waals surface area contributed by atoms with Crippen molar-refractivity contribution in [2.24, 2.45) is 4.99 Å². The Morgan fingerprint density at radius 3 is 2.75 bits per heavy atom. The van der Waals surface area contributed by atoms with Gasteiger partial charge in [0.15, 0.2) is 5.96 Å². The van der Waals surface area contributed by atoms with Gasteiger partial charge in [0.2, 0.25) is 0 Å². The number of nitrogens with zero attached hydrogens (tertiary/aromatic N) is 4. The number of aryl methyl sites for hydroxylation is 1. The molecule has 1 heterocycles. The number of aliphatic hydroxyl groups excluding tert-OH is 1. The average Bonchev–Trinajstić information content (AvgIpc) is 3.14. The van der Waals surface area contributed by atoms with Crippen LogP contribution in [0.5, 0.6) is 0 Å². The molecule has 0 aliphatic rings. The highest BCUT2D eigenvalue weighted by Gasteiger charge is 2.06. The van der Waals surface area contributed by atoms with E-state index < -0.39 is 6.10 Å². The maximum atomic E-state index is 10.1. The van der Waals surface area contributed by atoms with E-state index in [1.165, 1.54) is 0 Å². The third kappa shape index (κ3) is 8.98. The first-order chi connectivity index (χ1) is 13.2. The summed E-state index contributed by atoms with van der Waals surface area (Å²) in [4.78, 5) is 4.42. The highest BCUT2D eigenvalue weighted by Crippen LogP contribution is 2.01. The van der Waals surface area contributed by atoms with Crippen molar-refractivity contribution in [2.45, 2.75) is 39.5 Å². The first-order valence-corrected chi connectivity index (χ1v) is 9.41. The van der Waals surface area contributed by atoms with Crippen LogP contribution in [0.25, 0.3) is 0 Å². The molecule has 28 heavy (non-hydrogen) atoms. The van der Waals surface area contributed by atoms with Crippen LogP contribution in [0.3, 0.4) is 0 Å². The zero-order chi connectivity index (χ0) is 19.3. The maximum Gasteiger partial charge on any atom is 0.191 e. The summed E-state index contributed by atoms with van der Waals surface area (Å²) in [6.07, 6.45) is 1.94. The second-order valence-corrected chi connectivity index (χ2v) is 6.10. The van der Waals surface area contributed by atoms with Crippen LogP contribution in [0.1, 0.15) is 25.2 Å². The number of aromatic nitrogens is 3. The third-order valence-electron chi connectivity index (χ3n) is 3.88. The van der Waals surface area contributed by atoms with Gasteiger partial charge in [-0.3, -0.25) is 4.99 Å². The molecule has 1 unspecified atom stereocenters. The monoisotopic (exact) mass is 502 g/mol. The second-order valence-electron chi connectivity index (χ2n) is 6.10. The molecular weight excluding hydrogens is 471 g/mol. The van der Waals surface area contributed by atoms with E-state index in [1.54, 1.807) is 6.33 Å². The summed E-state index contributed by atoms with van der Waals surface area (Å²) in [5.41, 5.74) is 1.09. The summed E-state index contributed by atoms with van der Waals surface area (Å²) in [7, 11) is 0. The predicted octanol–water partition coefficient (Wildman–Crippen LogP) is 1.59. The molecule has 0 saturated heterocycles. The van der Waals surface area contributed by atoms with Crippen LogP contribution in [-0.2, 0) is 24.3 Å². The number of ether oxygens (including phenoxy) is 1. The summed E-state index contributed by atoms with van der Waals surface area (Å²) >= 11 is 0. The van der Waals surface area contributed by atoms with E-state index in [9.17, 15) is 5.11 Å². The fraction of sp³-hybridized carbons (Fsp3) is 0.526. The molecule has 1 atom stereocenters. The van der Waals surface area contributed by atoms with Crippen molar-refractivity contribution < 1.29 is 9.84 Å². The Balaban J connectivity index is 0.00000392. The van der Waals surface area contributed by atoms with Crippen molar-refractivity contribution in [3.63, 3.8) is 0 Å². The Labute approximate surface area is 183 Å². The standard InChI is InChI=1S/C19H30N6O2.HI/c1-3-18-24-23-15-25(18)11-10-21-19(20-4-2)22-12-17(26)14-27-13-16-8-6-5-7-9-16;/h5-9,15,17,26H,3-4,10-14H2,1-2H3,(H2,20,21,22);1H. The van der Waals surface area contributed by atoms with Crippen LogP contribution in [0.15, 0.2) is 41.7 Å². The van der Waals surface area contributed by atoms with Crippen LogP contribution in [0, 0.1) is 0 Å². The maximum absolute atomic E-state index is 10.1. The van der Waals surface area contributed by atoms with Crippen LogP contribution in [0.4, 0.5) is 0 Å². The minimum Gasteiger partial charge on any atom is -0.389 e. The van der Waals surface area contributed by atoms with Crippen LogP contribution in [-0.4, -0.2) is 58.2 Å². The smallest absolute Gasteiger partial charge is 0.191 e. The quantitative estimate of drug-likeness (QED) is 0.246. The molecule has 8 nitrogen and oxygen atoms in total. The number of hydrogen-bond donors (Lipinski definition) is 3. The molecular formula is C19H31IN6O2. The Hall–Kier alpha value is -1.72. The highest BCUT2D eigenvalue weighted by molar-refractivity contribution is 14.0. The normalized spacial score (nSPS) is 12.3. The lowest BCUT2D eigenvalue weighted by molar-refractivity contribution is 0.0331. The molecule has 0 aliphatic heterocycles. The van der Waals surface area contributed by atoms with Gasteiger partial charge in [0.25, 0.3) is 0 Å².